The van der Waals surface area contributed by atoms with E-state index in [9.17, 15) is 22.4 Å². The van der Waals surface area contributed by atoms with Crippen LogP contribution in [0.2, 0.25) is 0 Å². The van der Waals surface area contributed by atoms with Gasteiger partial charge in [-0.05, 0) is 60.9 Å². The molecule has 8 nitrogen and oxygen atoms in total. The van der Waals surface area contributed by atoms with Crippen molar-refractivity contribution in [3.63, 3.8) is 0 Å². The molecule has 1 heterocycles. The number of amides is 2. The van der Waals surface area contributed by atoms with Gasteiger partial charge in [0.15, 0.2) is 0 Å². The molecule has 2 amide bonds. The van der Waals surface area contributed by atoms with Gasteiger partial charge in [0.25, 0.3) is 11.8 Å². The molecule has 0 saturated carbocycles. The summed E-state index contributed by atoms with van der Waals surface area (Å²) in [6, 6.07) is 25.3. The quantitative estimate of drug-likeness (QED) is 0.212. The maximum atomic E-state index is 13.5. The van der Waals surface area contributed by atoms with E-state index in [0.717, 1.165) is 16.1 Å². The fourth-order valence-electron chi connectivity index (χ4n) is 5.15. The summed E-state index contributed by atoms with van der Waals surface area (Å²) in [6.07, 6.45) is 1.24. The van der Waals surface area contributed by atoms with E-state index in [1.165, 1.54) is 25.2 Å². The second-order valence-corrected chi connectivity index (χ2v) is 13.2. The fraction of sp³-hybridized carbons (Fsp3) is 0.176. The van der Waals surface area contributed by atoms with Crippen LogP contribution in [0.1, 0.15) is 51.5 Å². The third-order valence-electron chi connectivity index (χ3n) is 7.60. The summed E-state index contributed by atoms with van der Waals surface area (Å²) in [4.78, 5) is 26.1. The molecule has 226 valence electrons. The van der Waals surface area contributed by atoms with E-state index in [-0.39, 0.29) is 34.9 Å². The van der Waals surface area contributed by atoms with Crippen molar-refractivity contribution in [3.8, 4) is 11.1 Å². The molecule has 4 aromatic carbocycles. The van der Waals surface area contributed by atoms with Gasteiger partial charge in [0.05, 0.1) is 23.0 Å². The maximum Gasteiger partial charge on any atom is 0.252 e. The lowest BCUT2D eigenvalue weighted by Crippen LogP contribution is -2.40. The lowest BCUT2D eigenvalue weighted by atomic mass is 9.93. The number of primary amides is 1. The highest BCUT2D eigenvalue weighted by atomic mass is 32.2. The molecule has 0 spiro atoms. The highest BCUT2D eigenvalue weighted by molar-refractivity contribution is 7.92. The van der Waals surface area contributed by atoms with Crippen LogP contribution in [0.15, 0.2) is 95.4 Å². The highest BCUT2D eigenvalue weighted by Crippen LogP contribution is 2.39. The molecule has 0 aliphatic carbocycles. The van der Waals surface area contributed by atoms with Gasteiger partial charge >= 0.3 is 0 Å². The number of hydrogen-bond acceptors (Lipinski definition) is 5. The van der Waals surface area contributed by atoms with Gasteiger partial charge in [0.1, 0.15) is 17.2 Å². The number of carbonyl (C=O) groups excluding carboxylic acids is 2. The molecule has 0 aliphatic rings. The SMILES string of the molecule is CN(c1cc2oc(Cc3ccc(F)cc3)c(C(N)=O)c2cc1-c1cccc(C(=O)NC(C)(C)c2ccccc2)c1)S(C)(=O)=O. The third kappa shape index (κ3) is 6.21. The highest BCUT2D eigenvalue weighted by Gasteiger charge is 2.26. The number of anilines is 1. The molecule has 3 N–H and O–H groups in total. The Labute approximate surface area is 255 Å². The van der Waals surface area contributed by atoms with Gasteiger partial charge in [-0.1, -0.05) is 54.6 Å². The maximum absolute atomic E-state index is 13.5. The molecular weight excluding hydrogens is 581 g/mol. The third-order valence-corrected chi connectivity index (χ3v) is 8.79. The Morgan fingerprint density at radius 2 is 1.64 bits per heavy atom. The minimum Gasteiger partial charge on any atom is -0.460 e. The molecule has 10 heteroatoms. The van der Waals surface area contributed by atoms with Crippen LogP contribution in [0.25, 0.3) is 22.1 Å². The van der Waals surface area contributed by atoms with E-state index in [1.807, 2.05) is 44.2 Å². The second kappa shape index (κ2) is 11.6. The van der Waals surface area contributed by atoms with Crippen LogP contribution < -0.4 is 15.4 Å². The van der Waals surface area contributed by atoms with Crippen molar-refractivity contribution < 1.29 is 26.8 Å². The normalized spacial score (nSPS) is 11.8. The fourth-order valence-corrected chi connectivity index (χ4v) is 5.65. The van der Waals surface area contributed by atoms with Crippen molar-refractivity contribution in [2.24, 2.45) is 5.73 Å². The predicted octanol–water partition coefficient (Wildman–Crippen LogP) is 5.99. The van der Waals surface area contributed by atoms with Gasteiger partial charge in [-0.15, -0.1) is 0 Å². The first kappa shape index (κ1) is 30.5. The Hall–Kier alpha value is -4.96. The summed E-state index contributed by atoms with van der Waals surface area (Å²) in [5.41, 5.74) is 8.79. The second-order valence-electron chi connectivity index (χ2n) is 11.2. The first-order valence-corrected chi connectivity index (χ1v) is 15.7. The summed E-state index contributed by atoms with van der Waals surface area (Å²) >= 11 is 0. The number of furan rings is 1. The molecule has 1 aromatic heterocycles. The zero-order chi connectivity index (χ0) is 31.8. The number of hydrogen-bond donors (Lipinski definition) is 2. The molecular formula is C34H32FN3O5S. The van der Waals surface area contributed by atoms with Crippen LogP contribution in [0, 0.1) is 5.82 Å². The number of sulfonamides is 1. The van der Waals surface area contributed by atoms with Crippen LogP contribution in [0.5, 0.6) is 0 Å². The van der Waals surface area contributed by atoms with Crippen molar-refractivity contribution in [3.05, 3.63) is 125 Å². The number of nitrogens with one attached hydrogen (secondary N) is 1. The molecule has 44 heavy (non-hydrogen) atoms. The van der Waals surface area contributed by atoms with Gasteiger partial charge < -0.3 is 15.5 Å². The average Bonchev–Trinajstić information content (AvgIpc) is 3.34. The van der Waals surface area contributed by atoms with Gasteiger partial charge in [0, 0.05) is 36.0 Å². The summed E-state index contributed by atoms with van der Waals surface area (Å²) < 4.78 is 46.0. The van der Waals surface area contributed by atoms with E-state index < -0.39 is 27.3 Å². The van der Waals surface area contributed by atoms with Crippen molar-refractivity contribution >= 4 is 38.5 Å². The largest absolute Gasteiger partial charge is 0.460 e. The molecule has 0 radical (unpaired) electrons. The van der Waals surface area contributed by atoms with E-state index in [2.05, 4.69) is 5.32 Å². The van der Waals surface area contributed by atoms with E-state index in [1.54, 1.807) is 42.5 Å². The number of nitrogens with zero attached hydrogens (tertiary/aromatic N) is 1. The molecule has 5 aromatic rings. The summed E-state index contributed by atoms with van der Waals surface area (Å²) in [5.74, 6) is -1.18. The zero-order valence-corrected chi connectivity index (χ0v) is 25.5. The Kier molecular flexibility index (Phi) is 8.05. The predicted molar refractivity (Wildman–Crippen MR) is 170 cm³/mol. The van der Waals surface area contributed by atoms with E-state index in [0.29, 0.717) is 27.6 Å². The smallest absolute Gasteiger partial charge is 0.252 e. The summed E-state index contributed by atoms with van der Waals surface area (Å²) in [5, 5.41) is 3.45. The van der Waals surface area contributed by atoms with Gasteiger partial charge in [-0.3, -0.25) is 13.9 Å². The molecule has 0 atom stereocenters. The van der Waals surface area contributed by atoms with E-state index in [4.69, 9.17) is 10.2 Å². The number of rotatable bonds is 9. The Balaban J connectivity index is 1.63. The summed E-state index contributed by atoms with van der Waals surface area (Å²) in [6.45, 7) is 3.82. The Morgan fingerprint density at radius 1 is 0.955 bits per heavy atom. The first-order chi connectivity index (χ1) is 20.7. The van der Waals surface area contributed by atoms with Gasteiger partial charge in [-0.2, -0.15) is 0 Å². The van der Waals surface area contributed by atoms with Crippen LogP contribution in [0.4, 0.5) is 10.1 Å². The van der Waals surface area contributed by atoms with Gasteiger partial charge in [-0.25, -0.2) is 12.8 Å². The number of carbonyl (C=O) groups is 2. The van der Waals surface area contributed by atoms with Crippen LogP contribution in [-0.4, -0.2) is 33.5 Å². The number of halogens is 1. The van der Waals surface area contributed by atoms with Crippen LogP contribution in [0.3, 0.4) is 0 Å². The zero-order valence-electron chi connectivity index (χ0n) is 24.7. The monoisotopic (exact) mass is 613 g/mol. The topological polar surface area (TPSA) is 123 Å². The standard InChI is InChI=1S/C34H32FN3O5S/c1-34(2,24-11-6-5-7-12-24)37-33(40)23-10-8-9-22(18-23)26-19-27-29(20-28(26)38(3)44(4,41)42)43-30(31(27)32(36)39)17-21-13-15-25(35)16-14-21/h5-16,18-20H,17H2,1-4H3,(H2,36,39)(H,37,40). The minimum absolute atomic E-state index is 0.137. The van der Waals surface area contributed by atoms with Crippen molar-refractivity contribution in [1.82, 2.24) is 5.32 Å². The van der Waals surface area contributed by atoms with Crippen LogP contribution in [-0.2, 0) is 22.0 Å². The van der Waals surface area contributed by atoms with Crippen LogP contribution >= 0.6 is 0 Å². The molecule has 0 fully saturated rings. The van der Waals surface area contributed by atoms with Crippen molar-refractivity contribution in [2.75, 3.05) is 17.6 Å². The Morgan fingerprint density at radius 3 is 2.27 bits per heavy atom. The van der Waals surface area contributed by atoms with Crippen molar-refractivity contribution in [1.29, 1.82) is 0 Å². The Bertz CT molecular complexity index is 1990. The number of fused-ring (bicyclic) bond motifs is 1. The summed E-state index contributed by atoms with van der Waals surface area (Å²) in [7, 11) is -2.31. The molecule has 0 saturated heterocycles. The van der Waals surface area contributed by atoms with E-state index >= 15 is 0 Å². The number of benzene rings is 4. The lowest BCUT2D eigenvalue weighted by molar-refractivity contribution is 0.0911. The molecule has 0 bridgehead atoms. The minimum atomic E-state index is -3.72. The first-order valence-electron chi connectivity index (χ1n) is 13.8. The lowest BCUT2D eigenvalue weighted by Gasteiger charge is -2.27. The van der Waals surface area contributed by atoms with Gasteiger partial charge in [0.2, 0.25) is 10.0 Å². The van der Waals surface area contributed by atoms with Crippen molar-refractivity contribution in [2.45, 2.75) is 25.8 Å². The molecule has 0 aliphatic heterocycles. The molecule has 5 rings (SSSR count). The number of nitrogens with two attached hydrogens (primary N) is 1. The molecule has 0 unspecified atom stereocenters. The average molecular weight is 614 g/mol.